The van der Waals surface area contributed by atoms with Crippen LogP contribution in [0.4, 0.5) is 0 Å². The van der Waals surface area contributed by atoms with Crippen LogP contribution in [-0.2, 0) is 6.54 Å². The van der Waals surface area contributed by atoms with E-state index in [2.05, 4.69) is 25.3 Å². The highest BCUT2D eigenvalue weighted by molar-refractivity contribution is 6.01. The van der Waals surface area contributed by atoms with Gasteiger partial charge in [0.15, 0.2) is 0 Å². The lowest BCUT2D eigenvalue weighted by molar-refractivity contribution is 0.775. The predicted molar refractivity (Wildman–Crippen MR) is 72.6 cm³/mol. The summed E-state index contributed by atoms with van der Waals surface area (Å²) in [6.07, 6.45) is 3.24. The third kappa shape index (κ3) is 1.22. The minimum absolute atomic E-state index is 0.201. The largest absolute Gasteiger partial charge is 0.319 e. The third-order valence-corrected chi connectivity index (χ3v) is 3.47. The average Bonchev–Trinajstić information content (AvgIpc) is 3.03. The number of aromatic nitrogens is 7. The maximum atomic E-state index is 12.2. The molecule has 8 heteroatoms. The van der Waals surface area contributed by atoms with Crippen molar-refractivity contribution in [3.05, 3.63) is 28.6 Å². The standard InChI is InChI=1S/C12H11N7O/c1-3-18-5-14-19-10-8(6(2)15-12(18)19)11(20)16-7-4-13-17-9(7)10/h4-5H,3H2,1-2H3,(H,16,20). The second-order valence-corrected chi connectivity index (χ2v) is 4.61. The number of hydrogen-bond acceptors (Lipinski definition) is 5. The lowest BCUT2D eigenvalue weighted by Gasteiger charge is -2.05. The van der Waals surface area contributed by atoms with E-state index in [0.29, 0.717) is 33.4 Å². The summed E-state index contributed by atoms with van der Waals surface area (Å²) in [6, 6.07) is 0. The highest BCUT2D eigenvalue weighted by Crippen LogP contribution is 2.21. The molecule has 4 aromatic rings. The normalized spacial score (nSPS) is 11.9. The Morgan fingerprint density at radius 2 is 2.25 bits per heavy atom. The van der Waals surface area contributed by atoms with Crippen molar-refractivity contribution >= 4 is 27.7 Å². The van der Waals surface area contributed by atoms with Crippen molar-refractivity contribution in [2.75, 3.05) is 0 Å². The van der Waals surface area contributed by atoms with Crippen molar-refractivity contribution in [3.63, 3.8) is 0 Å². The van der Waals surface area contributed by atoms with Crippen LogP contribution in [0.15, 0.2) is 17.3 Å². The molecule has 0 saturated heterocycles. The van der Waals surface area contributed by atoms with Gasteiger partial charge in [-0.1, -0.05) is 0 Å². The number of hydrogen-bond donors (Lipinski definition) is 1. The number of aromatic amines is 1. The summed E-state index contributed by atoms with van der Waals surface area (Å²) in [7, 11) is 0. The van der Waals surface area contributed by atoms with Gasteiger partial charge in [-0.25, -0.2) is 4.98 Å². The number of pyridine rings is 1. The molecule has 4 rings (SSSR count). The van der Waals surface area contributed by atoms with Gasteiger partial charge >= 0.3 is 0 Å². The molecule has 0 saturated carbocycles. The van der Waals surface area contributed by atoms with Crippen molar-refractivity contribution in [3.8, 4) is 0 Å². The maximum absolute atomic E-state index is 12.2. The molecule has 100 valence electrons. The summed E-state index contributed by atoms with van der Waals surface area (Å²) in [4.78, 5) is 19.5. The van der Waals surface area contributed by atoms with Crippen molar-refractivity contribution < 1.29 is 0 Å². The Morgan fingerprint density at radius 1 is 1.40 bits per heavy atom. The van der Waals surface area contributed by atoms with Crippen LogP contribution in [0.5, 0.6) is 0 Å². The lowest BCUT2D eigenvalue weighted by Crippen LogP contribution is -2.12. The second kappa shape index (κ2) is 3.62. The molecule has 0 aliphatic rings. The van der Waals surface area contributed by atoms with E-state index in [0.717, 1.165) is 6.54 Å². The molecule has 0 bridgehead atoms. The fraction of sp³-hybridized carbons (Fsp3) is 0.250. The Hall–Kier alpha value is -2.77. The van der Waals surface area contributed by atoms with Gasteiger partial charge in [-0.2, -0.15) is 14.7 Å². The third-order valence-electron chi connectivity index (χ3n) is 3.47. The first kappa shape index (κ1) is 11.1. The number of H-pyrrole nitrogens is 1. The molecule has 4 heterocycles. The van der Waals surface area contributed by atoms with E-state index < -0.39 is 0 Å². The Morgan fingerprint density at radius 3 is 3.05 bits per heavy atom. The summed E-state index contributed by atoms with van der Waals surface area (Å²) in [5.41, 5.74) is 2.33. The topological polar surface area (TPSA) is 93.8 Å². The van der Waals surface area contributed by atoms with E-state index in [-0.39, 0.29) is 5.56 Å². The van der Waals surface area contributed by atoms with Gasteiger partial charge < -0.3 is 4.98 Å². The average molecular weight is 269 g/mol. The van der Waals surface area contributed by atoms with Gasteiger partial charge in [0.25, 0.3) is 5.56 Å². The molecule has 20 heavy (non-hydrogen) atoms. The molecule has 0 aromatic carbocycles. The molecule has 0 radical (unpaired) electrons. The molecular formula is C12H11N7O. The zero-order chi connectivity index (χ0) is 13.9. The van der Waals surface area contributed by atoms with Crippen LogP contribution in [0.2, 0.25) is 0 Å². The summed E-state index contributed by atoms with van der Waals surface area (Å²) < 4.78 is 3.56. The van der Waals surface area contributed by atoms with Gasteiger partial charge in [-0.05, 0) is 13.8 Å². The number of rotatable bonds is 1. The zero-order valence-electron chi connectivity index (χ0n) is 11.0. The minimum atomic E-state index is -0.201. The van der Waals surface area contributed by atoms with Gasteiger partial charge in [0.05, 0.1) is 22.8 Å². The molecule has 1 N–H and O–H groups in total. The van der Waals surface area contributed by atoms with Crippen molar-refractivity contribution in [1.29, 1.82) is 0 Å². The van der Waals surface area contributed by atoms with E-state index in [1.165, 1.54) is 6.20 Å². The Bertz CT molecular complexity index is 1020. The summed E-state index contributed by atoms with van der Waals surface area (Å²) in [6.45, 7) is 4.58. The van der Waals surface area contributed by atoms with Gasteiger partial charge in [0.1, 0.15) is 17.4 Å². The lowest BCUT2D eigenvalue weighted by atomic mass is 10.2. The monoisotopic (exact) mass is 269 g/mol. The zero-order valence-corrected chi connectivity index (χ0v) is 11.0. The molecule has 0 amide bonds. The summed E-state index contributed by atoms with van der Waals surface area (Å²) >= 11 is 0. The quantitative estimate of drug-likeness (QED) is 0.547. The van der Waals surface area contributed by atoms with Crippen molar-refractivity contribution in [2.24, 2.45) is 0 Å². The smallest absolute Gasteiger partial charge is 0.259 e. The first-order valence-electron chi connectivity index (χ1n) is 6.28. The molecule has 0 aliphatic carbocycles. The number of aryl methyl sites for hydroxylation is 2. The molecule has 0 spiro atoms. The van der Waals surface area contributed by atoms with Gasteiger partial charge in [-0.3, -0.25) is 9.36 Å². The van der Waals surface area contributed by atoms with Crippen LogP contribution in [0.3, 0.4) is 0 Å². The highest BCUT2D eigenvalue weighted by Gasteiger charge is 2.16. The Labute approximate surface area is 112 Å². The molecule has 4 aromatic heterocycles. The maximum Gasteiger partial charge on any atom is 0.259 e. The van der Waals surface area contributed by atoms with Gasteiger partial charge in [0, 0.05) is 6.54 Å². The fourth-order valence-electron chi connectivity index (χ4n) is 2.52. The Balaban J connectivity index is 2.41. The van der Waals surface area contributed by atoms with E-state index >= 15 is 0 Å². The first-order valence-corrected chi connectivity index (χ1v) is 6.28. The van der Waals surface area contributed by atoms with Gasteiger partial charge in [-0.15, -0.1) is 5.10 Å². The van der Waals surface area contributed by atoms with Gasteiger partial charge in [0.2, 0.25) is 5.78 Å². The highest BCUT2D eigenvalue weighted by atomic mass is 16.1. The SMILES string of the molecule is CCn1cnn2c3c(c(C)nc12)c(=O)[nH]c1cnnc13. The van der Waals surface area contributed by atoms with E-state index in [1.807, 2.05) is 18.4 Å². The summed E-state index contributed by atoms with van der Waals surface area (Å²) in [5.74, 6) is 0.687. The molecule has 8 nitrogen and oxygen atoms in total. The van der Waals surface area contributed by atoms with Crippen LogP contribution in [0.25, 0.3) is 27.7 Å². The van der Waals surface area contributed by atoms with Crippen LogP contribution >= 0.6 is 0 Å². The summed E-state index contributed by atoms with van der Waals surface area (Å²) in [5, 5.41) is 12.8. The minimum Gasteiger partial charge on any atom is -0.319 e. The van der Waals surface area contributed by atoms with Crippen molar-refractivity contribution in [2.45, 2.75) is 20.4 Å². The molecule has 0 aliphatic heterocycles. The first-order chi connectivity index (χ1) is 9.70. The molecule has 0 unspecified atom stereocenters. The van der Waals surface area contributed by atoms with Crippen molar-refractivity contribution in [1.82, 2.24) is 34.3 Å². The molecule has 0 fully saturated rings. The molecule has 0 atom stereocenters. The van der Waals surface area contributed by atoms with Crippen LogP contribution in [0, 0.1) is 6.92 Å². The number of nitrogens with one attached hydrogen (secondary N) is 1. The Kier molecular flexibility index (Phi) is 2.01. The van der Waals surface area contributed by atoms with Crippen LogP contribution in [0.1, 0.15) is 12.6 Å². The predicted octanol–water partition coefficient (Wildman–Crippen LogP) is 0.644. The molecular weight excluding hydrogens is 258 g/mol. The fourth-order valence-corrected chi connectivity index (χ4v) is 2.52. The van der Waals surface area contributed by atoms with E-state index in [9.17, 15) is 4.79 Å². The van der Waals surface area contributed by atoms with E-state index in [4.69, 9.17) is 0 Å². The number of nitrogens with zero attached hydrogens (tertiary/aromatic N) is 6. The second-order valence-electron chi connectivity index (χ2n) is 4.61. The van der Waals surface area contributed by atoms with E-state index in [1.54, 1.807) is 10.8 Å². The number of fused-ring (bicyclic) bond motifs is 5. The van der Waals surface area contributed by atoms with Crippen LogP contribution in [-0.4, -0.2) is 34.3 Å². The van der Waals surface area contributed by atoms with Crippen LogP contribution < -0.4 is 5.56 Å².